The smallest absolute Gasteiger partial charge is 0.233 e. The minimum atomic E-state index is -0.513. The number of nitrogens with one attached hydrogen (secondary N) is 1. The zero-order valence-electron chi connectivity index (χ0n) is 17.0. The van der Waals surface area contributed by atoms with Gasteiger partial charge in [0.1, 0.15) is 0 Å². The van der Waals surface area contributed by atoms with Gasteiger partial charge in [-0.1, -0.05) is 65.9 Å². The normalized spacial score (nSPS) is 23.8. The summed E-state index contributed by atoms with van der Waals surface area (Å²) in [5.74, 6) is 0.389. The summed E-state index contributed by atoms with van der Waals surface area (Å²) >= 11 is 1.55. The van der Waals surface area contributed by atoms with Crippen LogP contribution in [-0.2, 0) is 4.79 Å². The van der Waals surface area contributed by atoms with Crippen LogP contribution in [0, 0.1) is 12.3 Å². The number of nitrogens with zero attached hydrogens (tertiary/aromatic N) is 1. The molecule has 0 saturated carbocycles. The summed E-state index contributed by atoms with van der Waals surface area (Å²) in [5.41, 5.74) is 6.97. The molecular formula is C26H22N2OS. The summed E-state index contributed by atoms with van der Waals surface area (Å²) in [5, 5.41) is 3.86. The predicted molar refractivity (Wildman–Crippen MR) is 122 cm³/mol. The maximum absolute atomic E-state index is 13.7. The Bertz CT molecular complexity index is 1280. The van der Waals surface area contributed by atoms with E-state index in [-0.39, 0.29) is 17.7 Å². The Morgan fingerprint density at radius 1 is 1.00 bits per heavy atom. The Morgan fingerprint density at radius 3 is 2.30 bits per heavy atom. The van der Waals surface area contributed by atoms with Crippen molar-refractivity contribution in [1.82, 2.24) is 4.98 Å². The third kappa shape index (κ3) is 2.43. The van der Waals surface area contributed by atoms with Crippen molar-refractivity contribution in [1.29, 1.82) is 0 Å². The zero-order chi connectivity index (χ0) is 20.5. The fourth-order valence-electron chi connectivity index (χ4n) is 5.51. The largest absolute Gasteiger partial charge is 0.301 e. The van der Waals surface area contributed by atoms with E-state index in [2.05, 4.69) is 84.8 Å². The number of carbonyl (C=O) groups excluding carboxylic acids is 1. The van der Waals surface area contributed by atoms with Gasteiger partial charge in [-0.3, -0.25) is 4.79 Å². The first-order chi connectivity index (χ1) is 14.5. The maximum Gasteiger partial charge on any atom is 0.233 e. The van der Waals surface area contributed by atoms with E-state index in [1.165, 1.54) is 27.8 Å². The fraction of sp³-hybridized carbons (Fsp3) is 0.231. The first-order valence-corrected chi connectivity index (χ1v) is 11.2. The highest BCUT2D eigenvalue weighted by Gasteiger charge is 2.53. The number of carbonyl (C=O) groups is 1. The van der Waals surface area contributed by atoms with Crippen molar-refractivity contribution >= 4 is 32.6 Å². The third-order valence-corrected chi connectivity index (χ3v) is 7.85. The summed E-state index contributed by atoms with van der Waals surface area (Å²) in [6.45, 7) is 4.20. The molecule has 0 fully saturated rings. The van der Waals surface area contributed by atoms with Crippen molar-refractivity contribution < 1.29 is 4.79 Å². The number of anilines is 1. The number of aromatic nitrogens is 1. The van der Waals surface area contributed by atoms with Crippen LogP contribution in [0.2, 0.25) is 0 Å². The SMILES string of the molecule is Cc1ccc2nc(NC(=O)[C@@]3(C)CC4c5ccccc5C3c3ccccc34)sc2c1. The second-order valence-electron chi connectivity index (χ2n) is 8.81. The molecule has 1 N–H and O–H groups in total. The summed E-state index contributed by atoms with van der Waals surface area (Å²) < 4.78 is 1.11. The van der Waals surface area contributed by atoms with E-state index < -0.39 is 5.41 Å². The van der Waals surface area contributed by atoms with Crippen molar-refractivity contribution in [2.45, 2.75) is 32.1 Å². The van der Waals surface area contributed by atoms with E-state index in [1.807, 2.05) is 6.07 Å². The van der Waals surface area contributed by atoms with Gasteiger partial charge >= 0.3 is 0 Å². The Hall–Kier alpha value is -2.98. The minimum absolute atomic E-state index is 0.0616. The van der Waals surface area contributed by atoms with Crippen LogP contribution in [0.4, 0.5) is 5.13 Å². The van der Waals surface area contributed by atoms with Gasteiger partial charge in [-0.15, -0.1) is 0 Å². The fourth-order valence-corrected chi connectivity index (χ4v) is 6.47. The second kappa shape index (κ2) is 6.26. The molecule has 1 aromatic heterocycles. The molecule has 4 heteroatoms. The number of fused-ring (bicyclic) bond motifs is 2. The van der Waals surface area contributed by atoms with Crippen LogP contribution in [0.1, 0.15) is 53.0 Å². The van der Waals surface area contributed by atoms with Gasteiger partial charge < -0.3 is 5.32 Å². The lowest BCUT2D eigenvalue weighted by atomic mass is 9.52. The van der Waals surface area contributed by atoms with Crippen LogP contribution in [0.3, 0.4) is 0 Å². The highest BCUT2D eigenvalue weighted by atomic mass is 32.1. The molecule has 1 heterocycles. The van der Waals surface area contributed by atoms with Crippen LogP contribution in [0.25, 0.3) is 10.2 Å². The average molecular weight is 411 g/mol. The van der Waals surface area contributed by atoms with E-state index in [0.29, 0.717) is 5.13 Å². The van der Waals surface area contributed by atoms with Gasteiger partial charge in [0.15, 0.2) is 5.13 Å². The maximum atomic E-state index is 13.7. The summed E-state index contributed by atoms with van der Waals surface area (Å²) in [6, 6.07) is 23.5. The number of hydrogen-bond acceptors (Lipinski definition) is 3. The number of thiazole rings is 1. The first-order valence-electron chi connectivity index (χ1n) is 10.4. The van der Waals surface area contributed by atoms with Gasteiger partial charge in [-0.05, 0) is 60.2 Å². The number of rotatable bonds is 2. The van der Waals surface area contributed by atoms with Crippen LogP contribution in [0.15, 0.2) is 66.7 Å². The number of hydrogen-bond donors (Lipinski definition) is 1. The minimum Gasteiger partial charge on any atom is -0.301 e. The molecule has 2 bridgehead atoms. The van der Waals surface area contributed by atoms with Crippen LogP contribution >= 0.6 is 11.3 Å². The highest BCUT2D eigenvalue weighted by Crippen LogP contribution is 2.61. The first kappa shape index (κ1) is 17.8. The van der Waals surface area contributed by atoms with E-state index in [0.717, 1.165) is 16.6 Å². The summed E-state index contributed by atoms with van der Waals surface area (Å²) in [4.78, 5) is 18.4. The molecule has 3 aliphatic rings. The molecule has 148 valence electrons. The lowest BCUT2D eigenvalue weighted by Gasteiger charge is -2.50. The van der Waals surface area contributed by atoms with E-state index >= 15 is 0 Å². The van der Waals surface area contributed by atoms with Crippen molar-refractivity contribution in [2.24, 2.45) is 5.41 Å². The molecule has 0 aliphatic heterocycles. The van der Waals surface area contributed by atoms with Crippen LogP contribution in [-0.4, -0.2) is 10.9 Å². The van der Waals surface area contributed by atoms with Crippen LogP contribution < -0.4 is 5.32 Å². The molecule has 7 rings (SSSR count). The topological polar surface area (TPSA) is 42.0 Å². The van der Waals surface area contributed by atoms with Gasteiger partial charge in [-0.25, -0.2) is 4.98 Å². The Labute approximate surface area is 179 Å². The quantitative estimate of drug-likeness (QED) is 0.426. The Morgan fingerprint density at radius 2 is 1.63 bits per heavy atom. The van der Waals surface area contributed by atoms with Crippen molar-refractivity contribution in [2.75, 3.05) is 5.32 Å². The predicted octanol–water partition coefficient (Wildman–Crippen LogP) is 6.23. The lowest BCUT2D eigenvalue weighted by molar-refractivity contribution is -0.126. The average Bonchev–Trinajstić information content (AvgIpc) is 3.15. The van der Waals surface area contributed by atoms with E-state index in [9.17, 15) is 4.79 Å². The Balaban J connectivity index is 1.42. The van der Waals surface area contributed by atoms with Gasteiger partial charge in [-0.2, -0.15) is 0 Å². The molecular weight excluding hydrogens is 388 g/mol. The van der Waals surface area contributed by atoms with Crippen molar-refractivity contribution in [3.8, 4) is 0 Å². The van der Waals surface area contributed by atoms with E-state index in [1.54, 1.807) is 11.3 Å². The number of aryl methyl sites for hydroxylation is 1. The number of benzene rings is 3. The molecule has 0 radical (unpaired) electrons. The zero-order valence-corrected chi connectivity index (χ0v) is 17.8. The van der Waals surface area contributed by atoms with Crippen molar-refractivity contribution in [3.63, 3.8) is 0 Å². The van der Waals surface area contributed by atoms with Crippen molar-refractivity contribution in [3.05, 3.63) is 94.5 Å². The van der Waals surface area contributed by atoms with Gasteiger partial charge in [0.2, 0.25) is 5.91 Å². The summed E-state index contributed by atoms with van der Waals surface area (Å²) in [7, 11) is 0. The van der Waals surface area contributed by atoms with E-state index in [4.69, 9.17) is 0 Å². The molecule has 4 aromatic rings. The molecule has 0 spiro atoms. The molecule has 1 atom stereocenters. The molecule has 3 aromatic carbocycles. The molecule has 1 amide bonds. The molecule has 3 nitrogen and oxygen atoms in total. The van der Waals surface area contributed by atoms with Crippen LogP contribution in [0.5, 0.6) is 0 Å². The molecule has 0 saturated heterocycles. The standard InChI is InChI=1S/C26H22N2OS/c1-15-11-12-21-22(13-15)30-25(27-21)28-24(29)26(2)14-20-16-7-3-5-9-18(16)23(26)19-10-6-4-8-17(19)20/h3-13,20,23H,14H2,1-2H3,(H,27,28,29)/t20?,23?,26-/m0/s1. The highest BCUT2D eigenvalue weighted by molar-refractivity contribution is 7.22. The summed E-state index contributed by atoms with van der Waals surface area (Å²) in [6.07, 6.45) is 0.821. The van der Waals surface area contributed by atoms with Gasteiger partial charge in [0.25, 0.3) is 0 Å². The molecule has 3 aliphatic carbocycles. The van der Waals surface area contributed by atoms with Gasteiger partial charge in [0, 0.05) is 11.8 Å². The Kier molecular flexibility index (Phi) is 3.72. The second-order valence-corrected chi connectivity index (χ2v) is 9.84. The third-order valence-electron chi connectivity index (χ3n) is 6.91. The molecule has 30 heavy (non-hydrogen) atoms. The van der Waals surface area contributed by atoms with Gasteiger partial charge in [0.05, 0.1) is 15.6 Å². The molecule has 0 unspecified atom stereocenters. The monoisotopic (exact) mass is 410 g/mol. The number of amides is 1. The lowest BCUT2D eigenvalue weighted by Crippen LogP contribution is -2.47.